The zero-order chi connectivity index (χ0) is 9.14. The molecule has 0 spiro atoms. The molecule has 1 aromatic heterocycles. The van der Waals surface area contributed by atoms with Gasteiger partial charge in [0.05, 0.1) is 17.2 Å². The van der Waals surface area contributed by atoms with Crippen molar-refractivity contribution in [2.45, 2.75) is 19.6 Å². The molecular formula is C7H9BrN2O2. The van der Waals surface area contributed by atoms with Gasteiger partial charge in [-0.2, -0.15) is 5.10 Å². The first kappa shape index (κ1) is 9.41. The molecule has 0 bridgehead atoms. The second-order valence-electron chi connectivity index (χ2n) is 2.51. The topological polar surface area (TPSA) is 55.1 Å². The minimum absolute atomic E-state index is 0.209. The molecule has 0 aliphatic carbocycles. The Kier molecular flexibility index (Phi) is 2.99. The third kappa shape index (κ3) is 2.42. The molecule has 1 N–H and O–H groups in total. The van der Waals surface area contributed by atoms with Gasteiger partial charge in [0.1, 0.15) is 6.10 Å². The van der Waals surface area contributed by atoms with Gasteiger partial charge in [-0.15, -0.1) is 0 Å². The summed E-state index contributed by atoms with van der Waals surface area (Å²) in [6, 6.07) is 0. The number of rotatable bonds is 3. The lowest BCUT2D eigenvalue weighted by atomic mass is 10.2. The van der Waals surface area contributed by atoms with Crippen molar-refractivity contribution in [2.24, 2.45) is 0 Å². The summed E-state index contributed by atoms with van der Waals surface area (Å²) in [6.45, 7) is 1.56. The van der Waals surface area contributed by atoms with E-state index in [2.05, 4.69) is 21.0 Å². The molecule has 0 amide bonds. The first-order valence-corrected chi connectivity index (χ1v) is 4.25. The highest BCUT2D eigenvalue weighted by Gasteiger charge is 2.10. The second kappa shape index (κ2) is 3.82. The number of nitrogens with zero attached hydrogens (tertiary/aromatic N) is 2. The molecular weight excluding hydrogens is 224 g/mol. The number of Topliss-reactive ketones (excluding diaryl/α,β-unsaturated/α-hetero) is 1. The number of aromatic nitrogens is 2. The molecule has 1 rings (SSSR count). The Morgan fingerprint density at radius 1 is 1.92 bits per heavy atom. The van der Waals surface area contributed by atoms with Crippen LogP contribution in [-0.2, 0) is 11.3 Å². The van der Waals surface area contributed by atoms with Gasteiger partial charge in [-0.05, 0) is 22.9 Å². The summed E-state index contributed by atoms with van der Waals surface area (Å²) in [5, 5.41) is 13.1. The second-order valence-corrected chi connectivity index (χ2v) is 3.42. The van der Waals surface area contributed by atoms with Crippen molar-refractivity contribution in [1.29, 1.82) is 0 Å². The van der Waals surface area contributed by atoms with Crippen LogP contribution in [-0.4, -0.2) is 26.8 Å². The molecule has 0 saturated carbocycles. The average molecular weight is 233 g/mol. The quantitative estimate of drug-likeness (QED) is 0.831. The van der Waals surface area contributed by atoms with E-state index < -0.39 is 6.10 Å². The van der Waals surface area contributed by atoms with Gasteiger partial charge < -0.3 is 5.11 Å². The largest absolute Gasteiger partial charge is 0.383 e. The number of aliphatic hydroxyl groups excluding tert-OH is 1. The van der Waals surface area contributed by atoms with Gasteiger partial charge in [0.2, 0.25) is 0 Å². The van der Waals surface area contributed by atoms with Crippen LogP contribution >= 0.6 is 15.9 Å². The summed E-state index contributed by atoms with van der Waals surface area (Å²) in [5.41, 5.74) is 0. The van der Waals surface area contributed by atoms with Crippen molar-refractivity contribution in [3.05, 3.63) is 16.9 Å². The Labute approximate surface area is 78.3 Å². The van der Waals surface area contributed by atoms with Crippen molar-refractivity contribution >= 4 is 21.7 Å². The van der Waals surface area contributed by atoms with Crippen LogP contribution in [0.1, 0.15) is 6.92 Å². The summed E-state index contributed by atoms with van der Waals surface area (Å²) < 4.78 is 2.34. The Bertz CT molecular complexity index is 285. The molecule has 1 atom stereocenters. The van der Waals surface area contributed by atoms with E-state index in [-0.39, 0.29) is 12.3 Å². The van der Waals surface area contributed by atoms with Crippen LogP contribution in [0.25, 0.3) is 0 Å². The lowest BCUT2D eigenvalue weighted by molar-refractivity contribution is -0.125. The molecule has 0 fully saturated rings. The van der Waals surface area contributed by atoms with Crippen molar-refractivity contribution in [2.75, 3.05) is 0 Å². The number of aliphatic hydroxyl groups is 1. The Morgan fingerprint density at radius 2 is 2.58 bits per heavy atom. The standard InChI is InChI=1S/C7H9BrN2O2/c1-5(11)7(12)4-10-3-6(8)2-9-10/h2-3,7,12H,4H2,1H3. The molecule has 12 heavy (non-hydrogen) atoms. The number of ketones is 1. The fraction of sp³-hybridized carbons (Fsp3) is 0.429. The number of hydrogen-bond donors (Lipinski definition) is 1. The van der Waals surface area contributed by atoms with E-state index in [0.29, 0.717) is 0 Å². The molecule has 0 radical (unpaired) electrons. The maximum atomic E-state index is 10.7. The van der Waals surface area contributed by atoms with Crippen molar-refractivity contribution in [3.8, 4) is 0 Å². The van der Waals surface area contributed by atoms with Gasteiger partial charge in [0.15, 0.2) is 5.78 Å². The predicted molar refractivity (Wildman–Crippen MR) is 46.6 cm³/mol. The first-order valence-electron chi connectivity index (χ1n) is 3.46. The van der Waals surface area contributed by atoms with Crippen molar-refractivity contribution in [3.63, 3.8) is 0 Å². The molecule has 0 aromatic carbocycles. The van der Waals surface area contributed by atoms with Gasteiger partial charge in [-0.1, -0.05) is 0 Å². The third-order valence-corrected chi connectivity index (χ3v) is 1.84. The maximum absolute atomic E-state index is 10.7. The number of carbonyl (C=O) groups excluding carboxylic acids is 1. The average Bonchev–Trinajstić information content (AvgIpc) is 2.35. The highest BCUT2D eigenvalue weighted by molar-refractivity contribution is 9.10. The minimum Gasteiger partial charge on any atom is -0.383 e. The van der Waals surface area contributed by atoms with Crippen LogP contribution in [0.4, 0.5) is 0 Å². The molecule has 1 aromatic rings. The maximum Gasteiger partial charge on any atom is 0.160 e. The van der Waals surface area contributed by atoms with Crippen LogP contribution < -0.4 is 0 Å². The summed E-state index contributed by atoms with van der Waals surface area (Å²) >= 11 is 3.21. The van der Waals surface area contributed by atoms with Gasteiger partial charge in [0, 0.05) is 6.20 Å². The smallest absolute Gasteiger partial charge is 0.160 e. The van der Waals surface area contributed by atoms with Crippen LogP contribution in [0.15, 0.2) is 16.9 Å². The zero-order valence-electron chi connectivity index (χ0n) is 6.57. The lowest BCUT2D eigenvalue weighted by Crippen LogP contribution is -2.23. The van der Waals surface area contributed by atoms with Crippen molar-refractivity contribution < 1.29 is 9.90 Å². The van der Waals surface area contributed by atoms with E-state index in [4.69, 9.17) is 5.11 Å². The molecule has 1 heterocycles. The molecule has 1 unspecified atom stereocenters. The summed E-state index contributed by atoms with van der Waals surface area (Å²) in [5.74, 6) is -0.248. The van der Waals surface area contributed by atoms with Crippen LogP contribution in [0.3, 0.4) is 0 Å². The monoisotopic (exact) mass is 232 g/mol. The van der Waals surface area contributed by atoms with E-state index in [9.17, 15) is 4.79 Å². The Hall–Kier alpha value is -0.680. The number of carbonyl (C=O) groups is 1. The summed E-state index contributed by atoms with van der Waals surface area (Å²) in [6.07, 6.45) is 2.34. The van der Waals surface area contributed by atoms with E-state index in [1.165, 1.54) is 11.6 Å². The highest BCUT2D eigenvalue weighted by atomic mass is 79.9. The summed E-state index contributed by atoms with van der Waals surface area (Å²) in [7, 11) is 0. The zero-order valence-corrected chi connectivity index (χ0v) is 8.15. The predicted octanol–water partition coefficient (Wildman–Crippen LogP) is 0.595. The van der Waals surface area contributed by atoms with Gasteiger partial charge in [-0.25, -0.2) is 0 Å². The molecule has 0 aliphatic rings. The van der Waals surface area contributed by atoms with E-state index >= 15 is 0 Å². The third-order valence-electron chi connectivity index (χ3n) is 1.43. The Morgan fingerprint density at radius 3 is 3.00 bits per heavy atom. The minimum atomic E-state index is -0.961. The lowest BCUT2D eigenvalue weighted by Gasteiger charge is -2.05. The van der Waals surface area contributed by atoms with Gasteiger partial charge in [-0.3, -0.25) is 9.48 Å². The van der Waals surface area contributed by atoms with E-state index in [1.54, 1.807) is 12.4 Å². The van der Waals surface area contributed by atoms with Gasteiger partial charge >= 0.3 is 0 Å². The van der Waals surface area contributed by atoms with Crippen LogP contribution in [0, 0.1) is 0 Å². The van der Waals surface area contributed by atoms with Crippen molar-refractivity contribution in [1.82, 2.24) is 9.78 Å². The number of halogens is 1. The van der Waals surface area contributed by atoms with Crippen LogP contribution in [0.2, 0.25) is 0 Å². The van der Waals surface area contributed by atoms with Gasteiger partial charge in [0.25, 0.3) is 0 Å². The fourth-order valence-corrected chi connectivity index (χ4v) is 1.07. The molecule has 0 saturated heterocycles. The molecule has 5 heteroatoms. The first-order chi connectivity index (χ1) is 5.59. The highest BCUT2D eigenvalue weighted by Crippen LogP contribution is 2.06. The molecule has 66 valence electrons. The summed E-state index contributed by atoms with van der Waals surface area (Å²) in [4.78, 5) is 10.7. The number of hydrogen-bond acceptors (Lipinski definition) is 3. The van der Waals surface area contributed by atoms with E-state index in [0.717, 1.165) is 4.47 Å². The normalized spacial score (nSPS) is 12.9. The Balaban J connectivity index is 2.58. The van der Waals surface area contributed by atoms with E-state index in [1.807, 2.05) is 0 Å². The SMILES string of the molecule is CC(=O)C(O)Cn1cc(Br)cn1. The fourth-order valence-electron chi connectivity index (χ4n) is 0.744. The molecule has 0 aliphatic heterocycles. The molecule has 4 nitrogen and oxygen atoms in total. The van der Waals surface area contributed by atoms with Crippen LogP contribution in [0.5, 0.6) is 0 Å².